The Morgan fingerprint density at radius 2 is 1.97 bits per heavy atom. The molecule has 1 fully saturated rings. The number of piperidine rings is 1. The molecule has 29 heavy (non-hydrogen) atoms. The van der Waals surface area contributed by atoms with Gasteiger partial charge in [0.1, 0.15) is 5.76 Å². The largest absolute Gasteiger partial charge is 0.435 e. The highest BCUT2D eigenvalue weighted by Gasteiger charge is 2.29. The van der Waals surface area contributed by atoms with Crippen LogP contribution in [-0.2, 0) is 9.53 Å². The van der Waals surface area contributed by atoms with Crippen molar-refractivity contribution < 1.29 is 23.1 Å². The summed E-state index contributed by atoms with van der Waals surface area (Å²) in [6.45, 7) is -2.00. The number of hydrogen-bond acceptors (Lipinski definition) is 4. The molecular formula is C21H21F2N3O3. The highest BCUT2D eigenvalue weighted by molar-refractivity contribution is 5.96. The molecule has 1 unspecified atom stereocenters. The van der Waals surface area contributed by atoms with E-state index in [-0.39, 0.29) is 29.5 Å². The molecule has 1 heterocycles. The van der Waals surface area contributed by atoms with E-state index in [1.54, 1.807) is 35.2 Å². The van der Waals surface area contributed by atoms with Gasteiger partial charge in [-0.1, -0.05) is 18.2 Å². The van der Waals surface area contributed by atoms with Crippen molar-refractivity contribution in [2.75, 3.05) is 13.1 Å². The predicted octanol–water partition coefficient (Wildman–Crippen LogP) is 2.98. The van der Waals surface area contributed by atoms with Crippen LogP contribution < -0.4 is 5.32 Å². The Bertz CT molecular complexity index is 868. The van der Waals surface area contributed by atoms with Crippen molar-refractivity contribution in [3.8, 4) is 6.07 Å². The summed E-state index contributed by atoms with van der Waals surface area (Å²) in [7, 11) is 0. The zero-order valence-electron chi connectivity index (χ0n) is 15.7. The molecule has 2 aliphatic rings. The third-order valence-electron chi connectivity index (χ3n) is 5.05. The van der Waals surface area contributed by atoms with Crippen LogP contribution in [-0.4, -0.2) is 42.5 Å². The highest BCUT2D eigenvalue weighted by Crippen LogP contribution is 2.22. The smallest absolute Gasteiger partial charge is 0.387 e. The lowest BCUT2D eigenvalue weighted by Crippen LogP contribution is -2.45. The van der Waals surface area contributed by atoms with Crippen molar-refractivity contribution in [1.29, 1.82) is 5.26 Å². The molecule has 0 spiro atoms. The first-order valence-electron chi connectivity index (χ1n) is 9.40. The third kappa shape index (κ3) is 5.19. The highest BCUT2D eigenvalue weighted by atomic mass is 19.3. The number of nitriles is 1. The molecule has 0 bridgehead atoms. The van der Waals surface area contributed by atoms with Crippen molar-refractivity contribution >= 4 is 11.8 Å². The van der Waals surface area contributed by atoms with Gasteiger partial charge in [0.2, 0.25) is 5.91 Å². The fraction of sp³-hybridized carbons (Fsp3) is 0.381. The molecule has 152 valence electrons. The number of amides is 2. The zero-order chi connectivity index (χ0) is 20.8. The van der Waals surface area contributed by atoms with Gasteiger partial charge in [0.15, 0.2) is 0 Å². The minimum atomic E-state index is -2.87. The standard InChI is InChI=1S/C21H21F2N3O3/c22-21(23)29-17-7-5-16(6-8-17)25-19(27)14-9-11-26(12-10-14)20(28)18-4-2-1-3-15(18)13-24/h1-5,7-8,14,16,21H,6,9-12H2,(H,25,27). The van der Waals surface area contributed by atoms with Gasteiger partial charge in [0.25, 0.3) is 5.91 Å². The second-order valence-electron chi connectivity index (χ2n) is 6.92. The van der Waals surface area contributed by atoms with Crippen LogP contribution in [0.5, 0.6) is 0 Å². The van der Waals surface area contributed by atoms with Crippen molar-refractivity contribution in [3.63, 3.8) is 0 Å². The number of likely N-dealkylation sites (tertiary alicyclic amines) is 1. The Labute approximate surface area is 167 Å². The number of hydrogen-bond donors (Lipinski definition) is 1. The summed E-state index contributed by atoms with van der Waals surface area (Å²) in [5.41, 5.74) is 0.712. The van der Waals surface area contributed by atoms with Gasteiger partial charge in [-0.15, -0.1) is 0 Å². The van der Waals surface area contributed by atoms with E-state index in [2.05, 4.69) is 10.1 Å². The summed E-state index contributed by atoms with van der Waals surface area (Å²) in [6.07, 6.45) is 6.01. The lowest BCUT2D eigenvalue weighted by molar-refractivity contribution is -0.126. The first-order valence-corrected chi connectivity index (χ1v) is 9.40. The van der Waals surface area contributed by atoms with Crippen LogP contribution in [0.4, 0.5) is 8.78 Å². The minimum absolute atomic E-state index is 0.0926. The van der Waals surface area contributed by atoms with E-state index in [1.165, 1.54) is 12.2 Å². The van der Waals surface area contributed by atoms with Gasteiger partial charge in [-0.05, 0) is 43.5 Å². The zero-order valence-corrected chi connectivity index (χ0v) is 15.7. The summed E-state index contributed by atoms with van der Waals surface area (Å²) < 4.78 is 28.7. The molecule has 1 aliphatic heterocycles. The fourth-order valence-corrected chi connectivity index (χ4v) is 3.48. The topological polar surface area (TPSA) is 82.4 Å². The first-order chi connectivity index (χ1) is 14.0. The number of rotatable bonds is 5. The number of alkyl halides is 2. The number of benzene rings is 1. The van der Waals surface area contributed by atoms with Crippen LogP contribution in [0.25, 0.3) is 0 Å². The van der Waals surface area contributed by atoms with Gasteiger partial charge in [-0.25, -0.2) is 0 Å². The molecule has 0 radical (unpaired) electrons. The van der Waals surface area contributed by atoms with Gasteiger partial charge < -0.3 is 15.0 Å². The van der Waals surface area contributed by atoms with E-state index in [0.717, 1.165) is 0 Å². The fourth-order valence-electron chi connectivity index (χ4n) is 3.48. The Balaban J connectivity index is 1.49. The Hall–Kier alpha value is -3.21. The maximum Gasteiger partial charge on any atom is 0.387 e. The number of carbonyl (C=O) groups is 2. The summed E-state index contributed by atoms with van der Waals surface area (Å²) in [5.74, 6) is -0.444. The monoisotopic (exact) mass is 401 g/mol. The summed E-state index contributed by atoms with van der Waals surface area (Å²) in [6, 6.07) is 8.43. The lowest BCUT2D eigenvalue weighted by Gasteiger charge is -2.32. The second kappa shape index (κ2) is 9.32. The number of nitrogens with zero attached hydrogens (tertiary/aromatic N) is 2. The number of halogens is 2. The maximum atomic E-state index is 12.7. The van der Waals surface area contributed by atoms with Crippen LogP contribution >= 0.6 is 0 Å². The van der Waals surface area contributed by atoms with Crippen LogP contribution in [0.3, 0.4) is 0 Å². The molecule has 2 amide bonds. The molecule has 1 saturated heterocycles. The summed E-state index contributed by atoms with van der Waals surface area (Å²) in [4.78, 5) is 26.8. The maximum absolute atomic E-state index is 12.7. The van der Waals surface area contributed by atoms with E-state index >= 15 is 0 Å². The van der Waals surface area contributed by atoms with Crippen LogP contribution in [0.1, 0.15) is 35.2 Å². The van der Waals surface area contributed by atoms with Crippen molar-refractivity contribution in [1.82, 2.24) is 10.2 Å². The quantitative estimate of drug-likeness (QED) is 0.822. The molecule has 1 atom stereocenters. The second-order valence-corrected chi connectivity index (χ2v) is 6.92. The summed E-state index contributed by atoms with van der Waals surface area (Å²) >= 11 is 0. The number of allylic oxidation sites excluding steroid dienone is 1. The van der Waals surface area contributed by atoms with E-state index in [0.29, 0.717) is 43.5 Å². The van der Waals surface area contributed by atoms with Crippen molar-refractivity contribution in [2.24, 2.45) is 5.92 Å². The molecule has 1 aliphatic carbocycles. The Morgan fingerprint density at radius 3 is 2.59 bits per heavy atom. The predicted molar refractivity (Wildman–Crippen MR) is 101 cm³/mol. The van der Waals surface area contributed by atoms with Crippen LogP contribution in [0.2, 0.25) is 0 Å². The lowest BCUT2D eigenvalue weighted by atomic mass is 9.94. The molecule has 1 aromatic rings. The van der Waals surface area contributed by atoms with Crippen LogP contribution in [0.15, 0.2) is 48.3 Å². The van der Waals surface area contributed by atoms with E-state index < -0.39 is 6.61 Å². The Kier molecular flexibility index (Phi) is 6.60. The minimum Gasteiger partial charge on any atom is -0.435 e. The molecule has 3 rings (SSSR count). The third-order valence-corrected chi connectivity index (χ3v) is 5.05. The van der Waals surface area contributed by atoms with Gasteiger partial charge in [0, 0.05) is 19.0 Å². The van der Waals surface area contributed by atoms with Gasteiger partial charge in [-0.3, -0.25) is 9.59 Å². The van der Waals surface area contributed by atoms with E-state index in [1.807, 2.05) is 6.07 Å². The van der Waals surface area contributed by atoms with Crippen molar-refractivity contribution in [3.05, 3.63) is 59.4 Å². The first kappa shape index (κ1) is 20.5. The molecular weight excluding hydrogens is 380 g/mol. The van der Waals surface area contributed by atoms with Crippen LogP contribution in [0, 0.1) is 17.2 Å². The number of carbonyl (C=O) groups excluding carboxylic acids is 2. The molecule has 6 nitrogen and oxygen atoms in total. The molecule has 0 aromatic heterocycles. The molecule has 0 saturated carbocycles. The van der Waals surface area contributed by atoms with Gasteiger partial charge >= 0.3 is 6.61 Å². The Morgan fingerprint density at radius 1 is 1.24 bits per heavy atom. The summed E-state index contributed by atoms with van der Waals surface area (Å²) in [5, 5.41) is 12.1. The average molecular weight is 401 g/mol. The SMILES string of the molecule is N#Cc1ccccc1C(=O)N1CCC(C(=O)NC2C=CC(OC(F)F)=CC2)CC1. The molecule has 1 N–H and O–H groups in total. The normalized spacial score (nSPS) is 19.4. The van der Waals surface area contributed by atoms with E-state index in [9.17, 15) is 18.4 Å². The van der Waals surface area contributed by atoms with Gasteiger partial charge in [-0.2, -0.15) is 14.0 Å². The van der Waals surface area contributed by atoms with Crippen molar-refractivity contribution in [2.45, 2.75) is 31.9 Å². The molecule has 1 aromatic carbocycles. The van der Waals surface area contributed by atoms with E-state index in [4.69, 9.17) is 5.26 Å². The average Bonchev–Trinajstić information content (AvgIpc) is 2.74. The molecule has 8 heteroatoms. The number of ether oxygens (including phenoxy) is 1. The van der Waals surface area contributed by atoms with Gasteiger partial charge in [0.05, 0.1) is 23.2 Å². The number of nitrogens with one attached hydrogen (secondary N) is 1.